The molecule has 0 heterocycles. The van der Waals surface area contributed by atoms with Gasteiger partial charge in [0.05, 0.1) is 11.5 Å². The van der Waals surface area contributed by atoms with Crippen molar-refractivity contribution in [3.8, 4) is 5.75 Å². The Morgan fingerprint density at radius 2 is 1.86 bits per heavy atom. The predicted octanol–water partition coefficient (Wildman–Crippen LogP) is 2.87. The Balaban J connectivity index is 2.64. The number of nitrogens with two attached hydrogens (primary N) is 1. The van der Waals surface area contributed by atoms with Gasteiger partial charge in [-0.3, -0.25) is 0 Å². The van der Waals surface area contributed by atoms with E-state index in [1.54, 1.807) is 11.8 Å². The summed E-state index contributed by atoms with van der Waals surface area (Å²) < 4.78 is 5.35. The molecule has 0 atom stereocenters. The van der Waals surface area contributed by atoms with Crippen molar-refractivity contribution in [1.82, 2.24) is 0 Å². The topological polar surface area (TPSA) is 35.2 Å². The number of thioether (sulfide) groups is 1. The third-order valence-corrected chi connectivity index (χ3v) is 2.55. The molecular formula is C11H17NOS. The molecule has 0 aliphatic carbocycles. The highest BCUT2D eigenvalue weighted by atomic mass is 32.2. The normalized spacial score (nSPS) is 11.4. The maximum absolute atomic E-state index is 5.90. The van der Waals surface area contributed by atoms with Gasteiger partial charge in [-0.05, 0) is 45.0 Å². The van der Waals surface area contributed by atoms with Crippen molar-refractivity contribution in [3.05, 3.63) is 24.3 Å². The summed E-state index contributed by atoms with van der Waals surface area (Å²) in [5.41, 5.74) is 5.90. The van der Waals surface area contributed by atoms with Crippen LogP contribution in [0.4, 0.5) is 0 Å². The lowest BCUT2D eigenvalue weighted by molar-refractivity contribution is 0.340. The summed E-state index contributed by atoms with van der Waals surface area (Å²) in [6.07, 6.45) is 0. The molecule has 0 bridgehead atoms. The molecular weight excluding hydrogens is 194 g/mol. The Morgan fingerprint density at radius 3 is 2.29 bits per heavy atom. The summed E-state index contributed by atoms with van der Waals surface area (Å²) in [6, 6.07) is 8.00. The average Bonchev–Trinajstić information content (AvgIpc) is 2.06. The SMILES string of the molecule is CCOc1ccc(SC(C)(C)N)cc1. The standard InChI is InChI=1S/C11H17NOS/c1-4-13-9-5-7-10(8-6-9)14-11(2,3)12/h5-8H,4,12H2,1-3H3. The molecule has 0 amide bonds. The zero-order chi connectivity index (χ0) is 10.6. The Morgan fingerprint density at radius 1 is 1.29 bits per heavy atom. The van der Waals surface area contributed by atoms with Gasteiger partial charge in [0.25, 0.3) is 0 Å². The van der Waals surface area contributed by atoms with Gasteiger partial charge in [0.2, 0.25) is 0 Å². The molecule has 0 aliphatic rings. The maximum Gasteiger partial charge on any atom is 0.119 e. The Bertz CT molecular complexity index is 276. The molecule has 0 saturated heterocycles. The number of benzene rings is 1. The van der Waals surface area contributed by atoms with Crippen LogP contribution in [0.1, 0.15) is 20.8 Å². The van der Waals surface area contributed by atoms with E-state index in [-0.39, 0.29) is 4.87 Å². The van der Waals surface area contributed by atoms with Gasteiger partial charge in [-0.15, -0.1) is 11.8 Å². The summed E-state index contributed by atoms with van der Waals surface area (Å²) in [6.45, 7) is 6.67. The van der Waals surface area contributed by atoms with Gasteiger partial charge in [-0.2, -0.15) is 0 Å². The van der Waals surface area contributed by atoms with E-state index < -0.39 is 0 Å². The van der Waals surface area contributed by atoms with E-state index in [2.05, 4.69) is 0 Å². The molecule has 0 spiro atoms. The van der Waals surface area contributed by atoms with Gasteiger partial charge in [0.1, 0.15) is 5.75 Å². The van der Waals surface area contributed by atoms with Crippen molar-refractivity contribution in [2.45, 2.75) is 30.5 Å². The van der Waals surface area contributed by atoms with Crippen molar-refractivity contribution in [3.63, 3.8) is 0 Å². The van der Waals surface area contributed by atoms with E-state index in [4.69, 9.17) is 10.5 Å². The van der Waals surface area contributed by atoms with Crippen LogP contribution in [0.15, 0.2) is 29.2 Å². The minimum atomic E-state index is -0.229. The molecule has 0 radical (unpaired) electrons. The van der Waals surface area contributed by atoms with Crippen molar-refractivity contribution in [2.24, 2.45) is 5.73 Å². The summed E-state index contributed by atoms with van der Waals surface area (Å²) in [5.74, 6) is 0.909. The second-order valence-corrected chi connectivity index (χ2v) is 5.34. The van der Waals surface area contributed by atoms with Crippen LogP contribution in [-0.4, -0.2) is 11.5 Å². The summed E-state index contributed by atoms with van der Waals surface area (Å²) in [5, 5.41) is 0. The number of hydrogen-bond donors (Lipinski definition) is 1. The predicted molar refractivity (Wildman–Crippen MR) is 61.7 cm³/mol. The molecule has 14 heavy (non-hydrogen) atoms. The van der Waals surface area contributed by atoms with Crippen LogP contribution in [0.3, 0.4) is 0 Å². The van der Waals surface area contributed by atoms with Crippen molar-refractivity contribution in [2.75, 3.05) is 6.61 Å². The number of hydrogen-bond acceptors (Lipinski definition) is 3. The van der Waals surface area contributed by atoms with Crippen molar-refractivity contribution in [1.29, 1.82) is 0 Å². The molecule has 2 nitrogen and oxygen atoms in total. The van der Waals surface area contributed by atoms with Crippen LogP contribution >= 0.6 is 11.8 Å². The van der Waals surface area contributed by atoms with E-state index in [1.807, 2.05) is 45.0 Å². The van der Waals surface area contributed by atoms with Crippen molar-refractivity contribution < 1.29 is 4.74 Å². The number of rotatable bonds is 4. The van der Waals surface area contributed by atoms with Crippen LogP contribution in [-0.2, 0) is 0 Å². The fraction of sp³-hybridized carbons (Fsp3) is 0.455. The van der Waals surface area contributed by atoms with Gasteiger partial charge in [0.15, 0.2) is 0 Å². The largest absolute Gasteiger partial charge is 0.494 e. The molecule has 3 heteroatoms. The smallest absolute Gasteiger partial charge is 0.119 e. The average molecular weight is 211 g/mol. The molecule has 78 valence electrons. The monoisotopic (exact) mass is 211 g/mol. The molecule has 2 N–H and O–H groups in total. The lowest BCUT2D eigenvalue weighted by Crippen LogP contribution is -2.26. The highest BCUT2D eigenvalue weighted by Gasteiger charge is 2.11. The Labute approximate surface area is 89.8 Å². The van der Waals surface area contributed by atoms with Gasteiger partial charge in [-0.1, -0.05) is 0 Å². The highest BCUT2D eigenvalue weighted by molar-refractivity contribution is 8.00. The molecule has 0 unspecified atom stereocenters. The number of ether oxygens (including phenoxy) is 1. The van der Waals surface area contributed by atoms with Crippen LogP contribution < -0.4 is 10.5 Å². The van der Waals surface area contributed by atoms with Gasteiger partial charge >= 0.3 is 0 Å². The molecule has 0 aromatic heterocycles. The first-order valence-corrected chi connectivity index (χ1v) is 5.53. The van der Waals surface area contributed by atoms with Gasteiger partial charge in [0, 0.05) is 4.90 Å². The van der Waals surface area contributed by atoms with E-state index >= 15 is 0 Å². The van der Waals surface area contributed by atoms with E-state index in [0.29, 0.717) is 6.61 Å². The molecule has 1 aromatic carbocycles. The lowest BCUT2D eigenvalue weighted by atomic mass is 10.3. The zero-order valence-electron chi connectivity index (χ0n) is 8.91. The fourth-order valence-electron chi connectivity index (χ4n) is 1.07. The first-order valence-electron chi connectivity index (χ1n) is 4.72. The molecule has 1 aromatic rings. The van der Waals surface area contributed by atoms with E-state index in [9.17, 15) is 0 Å². The fourth-order valence-corrected chi connectivity index (χ4v) is 1.95. The van der Waals surface area contributed by atoms with Crippen LogP contribution in [0, 0.1) is 0 Å². The first-order chi connectivity index (χ1) is 6.51. The third-order valence-electron chi connectivity index (χ3n) is 1.52. The van der Waals surface area contributed by atoms with Gasteiger partial charge in [-0.25, -0.2) is 0 Å². The van der Waals surface area contributed by atoms with Crippen LogP contribution in [0.5, 0.6) is 5.75 Å². The highest BCUT2D eigenvalue weighted by Crippen LogP contribution is 2.29. The molecule has 0 aliphatic heterocycles. The van der Waals surface area contributed by atoms with Crippen LogP contribution in [0.25, 0.3) is 0 Å². The summed E-state index contributed by atoms with van der Waals surface area (Å²) in [4.78, 5) is 0.939. The van der Waals surface area contributed by atoms with Crippen molar-refractivity contribution >= 4 is 11.8 Å². The Hall–Kier alpha value is -0.670. The first kappa shape index (κ1) is 11.4. The minimum absolute atomic E-state index is 0.229. The maximum atomic E-state index is 5.90. The zero-order valence-corrected chi connectivity index (χ0v) is 9.73. The van der Waals surface area contributed by atoms with E-state index in [1.165, 1.54) is 4.90 Å². The molecule has 0 fully saturated rings. The van der Waals surface area contributed by atoms with Gasteiger partial charge < -0.3 is 10.5 Å². The van der Waals surface area contributed by atoms with E-state index in [0.717, 1.165) is 5.75 Å². The lowest BCUT2D eigenvalue weighted by Gasteiger charge is -2.17. The minimum Gasteiger partial charge on any atom is -0.494 e. The quantitative estimate of drug-likeness (QED) is 0.614. The summed E-state index contributed by atoms with van der Waals surface area (Å²) >= 11 is 1.65. The second kappa shape index (κ2) is 4.71. The third kappa shape index (κ3) is 4.03. The second-order valence-electron chi connectivity index (χ2n) is 3.61. The molecule has 1 rings (SSSR count). The molecule has 0 saturated carbocycles. The van der Waals surface area contributed by atoms with Crippen LogP contribution in [0.2, 0.25) is 0 Å². The summed E-state index contributed by atoms with van der Waals surface area (Å²) in [7, 11) is 0. The Kier molecular flexibility index (Phi) is 3.84.